The summed E-state index contributed by atoms with van der Waals surface area (Å²) in [7, 11) is 0. The van der Waals surface area contributed by atoms with E-state index in [0.29, 0.717) is 31.2 Å². The standard InChI is InChI=1S/C19H23ClFN3O2/c20-15-10-13(2-5-16(15)21)22-18(26)23-9-1-7-19(11-23)8-6-17(25)24(12-19)14-3-4-14/h2,5,10,14H,1,3-4,6-9,11-12H2,(H,22,26). The summed E-state index contributed by atoms with van der Waals surface area (Å²) in [5, 5.41) is 2.80. The van der Waals surface area contributed by atoms with Gasteiger partial charge in [0.2, 0.25) is 5.91 Å². The number of benzene rings is 1. The molecule has 3 aliphatic rings. The predicted molar refractivity (Wildman–Crippen MR) is 97.6 cm³/mol. The Labute approximate surface area is 157 Å². The summed E-state index contributed by atoms with van der Waals surface area (Å²) >= 11 is 5.79. The highest BCUT2D eigenvalue weighted by atomic mass is 35.5. The number of nitrogens with one attached hydrogen (secondary N) is 1. The number of amides is 3. The lowest BCUT2D eigenvalue weighted by Gasteiger charge is -2.48. The third-order valence-corrected chi connectivity index (χ3v) is 6.09. The molecule has 5 nitrogen and oxygen atoms in total. The van der Waals surface area contributed by atoms with E-state index in [1.54, 1.807) is 0 Å². The summed E-state index contributed by atoms with van der Waals surface area (Å²) in [6.07, 6.45) is 5.63. The maximum absolute atomic E-state index is 13.3. The number of hydrogen-bond acceptors (Lipinski definition) is 2. The van der Waals surface area contributed by atoms with Crippen molar-refractivity contribution >= 4 is 29.2 Å². The summed E-state index contributed by atoms with van der Waals surface area (Å²) in [6, 6.07) is 4.40. The average molecular weight is 380 g/mol. The SMILES string of the molecule is O=C(Nc1ccc(F)c(Cl)c1)N1CCCC2(CCC(=O)N(C3CC3)C2)C1. The molecule has 0 bridgehead atoms. The highest BCUT2D eigenvalue weighted by Gasteiger charge is 2.46. The second kappa shape index (κ2) is 6.72. The molecule has 1 aromatic rings. The Morgan fingerprint density at radius 1 is 1.27 bits per heavy atom. The molecule has 26 heavy (non-hydrogen) atoms. The van der Waals surface area contributed by atoms with Gasteiger partial charge in [0.25, 0.3) is 0 Å². The van der Waals surface area contributed by atoms with E-state index in [1.165, 1.54) is 18.2 Å². The van der Waals surface area contributed by atoms with E-state index in [0.717, 1.165) is 38.6 Å². The fourth-order valence-corrected chi connectivity index (χ4v) is 4.43. The topological polar surface area (TPSA) is 52.7 Å². The largest absolute Gasteiger partial charge is 0.339 e. The lowest BCUT2D eigenvalue weighted by Crippen LogP contribution is -2.56. The molecule has 3 fully saturated rings. The first-order valence-corrected chi connectivity index (χ1v) is 9.64. The molecule has 1 spiro atoms. The number of anilines is 1. The number of carbonyl (C=O) groups excluding carboxylic acids is 2. The summed E-state index contributed by atoms with van der Waals surface area (Å²) in [5.74, 6) is -0.241. The molecule has 2 heterocycles. The minimum absolute atomic E-state index is 0.00648. The van der Waals surface area contributed by atoms with Crippen LogP contribution in [0.3, 0.4) is 0 Å². The molecular formula is C19H23ClFN3O2. The van der Waals surface area contributed by atoms with E-state index in [-0.39, 0.29) is 22.4 Å². The van der Waals surface area contributed by atoms with Crippen molar-refractivity contribution in [3.8, 4) is 0 Å². The fraction of sp³-hybridized carbons (Fsp3) is 0.579. The zero-order chi connectivity index (χ0) is 18.3. The molecular weight excluding hydrogens is 357 g/mol. The first kappa shape index (κ1) is 17.6. The van der Waals surface area contributed by atoms with Crippen LogP contribution in [0.25, 0.3) is 0 Å². The Balaban J connectivity index is 1.43. The first-order valence-electron chi connectivity index (χ1n) is 9.26. The van der Waals surface area contributed by atoms with Gasteiger partial charge in [0.15, 0.2) is 0 Å². The minimum Gasteiger partial charge on any atom is -0.339 e. The third-order valence-electron chi connectivity index (χ3n) is 5.80. The monoisotopic (exact) mass is 379 g/mol. The summed E-state index contributed by atoms with van der Waals surface area (Å²) in [5.41, 5.74) is 0.492. The molecule has 1 N–H and O–H groups in total. The molecule has 140 valence electrons. The molecule has 1 atom stereocenters. The smallest absolute Gasteiger partial charge is 0.321 e. The second-order valence-corrected chi connectivity index (χ2v) is 8.24. The molecule has 0 aromatic heterocycles. The van der Waals surface area contributed by atoms with Crippen LogP contribution in [0.2, 0.25) is 5.02 Å². The number of piperidine rings is 2. The number of nitrogens with zero attached hydrogens (tertiary/aromatic N) is 2. The molecule has 7 heteroatoms. The van der Waals surface area contributed by atoms with Crippen LogP contribution in [-0.2, 0) is 4.79 Å². The van der Waals surface area contributed by atoms with Crippen molar-refractivity contribution in [2.45, 2.75) is 44.6 Å². The van der Waals surface area contributed by atoms with Gasteiger partial charge in [0.1, 0.15) is 5.82 Å². The maximum atomic E-state index is 13.3. The Hall–Kier alpha value is -1.82. The van der Waals surface area contributed by atoms with Crippen LogP contribution in [0.15, 0.2) is 18.2 Å². The Morgan fingerprint density at radius 3 is 2.81 bits per heavy atom. The van der Waals surface area contributed by atoms with Crippen molar-refractivity contribution < 1.29 is 14.0 Å². The Bertz CT molecular complexity index is 739. The summed E-state index contributed by atoms with van der Waals surface area (Å²) in [6.45, 7) is 2.12. The van der Waals surface area contributed by atoms with Crippen molar-refractivity contribution in [2.24, 2.45) is 5.41 Å². The van der Waals surface area contributed by atoms with Gasteiger partial charge in [-0.2, -0.15) is 0 Å². The zero-order valence-corrected chi connectivity index (χ0v) is 15.4. The van der Waals surface area contributed by atoms with Crippen molar-refractivity contribution in [3.05, 3.63) is 29.0 Å². The summed E-state index contributed by atoms with van der Waals surface area (Å²) in [4.78, 5) is 28.8. The maximum Gasteiger partial charge on any atom is 0.321 e. The van der Waals surface area contributed by atoms with Crippen LogP contribution in [0.5, 0.6) is 0 Å². The van der Waals surface area contributed by atoms with Crippen molar-refractivity contribution in [1.82, 2.24) is 9.80 Å². The van der Waals surface area contributed by atoms with E-state index in [9.17, 15) is 14.0 Å². The molecule has 1 saturated carbocycles. The van der Waals surface area contributed by atoms with Crippen LogP contribution < -0.4 is 5.32 Å². The first-order chi connectivity index (χ1) is 12.5. The van der Waals surface area contributed by atoms with Gasteiger partial charge in [-0.25, -0.2) is 9.18 Å². The molecule has 1 aliphatic carbocycles. The number of urea groups is 1. The number of hydrogen-bond donors (Lipinski definition) is 1. The Morgan fingerprint density at radius 2 is 2.08 bits per heavy atom. The number of carbonyl (C=O) groups is 2. The van der Waals surface area contributed by atoms with E-state index in [4.69, 9.17) is 11.6 Å². The van der Waals surface area contributed by atoms with Gasteiger partial charge >= 0.3 is 6.03 Å². The van der Waals surface area contributed by atoms with Gasteiger partial charge in [-0.15, -0.1) is 0 Å². The summed E-state index contributed by atoms with van der Waals surface area (Å²) < 4.78 is 13.3. The van der Waals surface area contributed by atoms with E-state index in [2.05, 4.69) is 5.32 Å². The van der Waals surface area contributed by atoms with Crippen LogP contribution in [0, 0.1) is 11.2 Å². The molecule has 4 rings (SSSR count). The lowest BCUT2D eigenvalue weighted by atomic mass is 9.73. The van der Waals surface area contributed by atoms with Gasteiger partial charge < -0.3 is 15.1 Å². The van der Waals surface area contributed by atoms with Crippen molar-refractivity contribution in [3.63, 3.8) is 0 Å². The van der Waals surface area contributed by atoms with Gasteiger partial charge in [0, 0.05) is 43.2 Å². The van der Waals surface area contributed by atoms with Crippen LogP contribution in [0.4, 0.5) is 14.9 Å². The zero-order valence-electron chi connectivity index (χ0n) is 14.6. The van der Waals surface area contributed by atoms with Gasteiger partial charge in [0.05, 0.1) is 5.02 Å². The normalized spacial score (nSPS) is 26.3. The van der Waals surface area contributed by atoms with Crippen LogP contribution >= 0.6 is 11.6 Å². The van der Waals surface area contributed by atoms with E-state index in [1.807, 2.05) is 9.80 Å². The van der Waals surface area contributed by atoms with E-state index < -0.39 is 5.82 Å². The highest BCUT2D eigenvalue weighted by molar-refractivity contribution is 6.31. The lowest BCUT2D eigenvalue weighted by molar-refractivity contribution is -0.139. The number of halogens is 2. The molecule has 2 saturated heterocycles. The molecule has 3 amide bonds. The number of rotatable bonds is 2. The Kier molecular flexibility index (Phi) is 4.55. The van der Waals surface area contributed by atoms with Gasteiger partial charge in [-0.05, 0) is 50.3 Å². The average Bonchev–Trinajstić information content (AvgIpc) is 3.46. The predicted octanol–water partition coefficient (Wildman–Crippen LogP) is 3.88. The quantitative estimate of drug-likeness (QED) is 0.847. The van der Waals surface area contributed by atoms with Crippen molar-refractivity contribution in [2.75, 3.05) is 25.0 Å². The molecule has 1 unspecified atom stereocenters. The van der Waals surface area contributed by atoms with Crippen LogP contribution in [-0.4, -0.2) is 47.4 Å². The minimum atomic E-state index is -0.506. The van der Waals surface area contributed by atoms with Crippen LogP contribution in [0.1, 0.15) is 38.5 Å². The second-order valence-electron chi connectivity index (χ2n) is 7.84. The molecule has 1 aromatic carbocycles. The third kappa shape index (κ3) is 3.52. The van der Waals surface area contributed by atoms with Gasteiger partial charge in [-0.1, -0.05) is 11.6 Å². The van der Waals surface area contributed by atoms with E-state index >= 15 is 0 Å². The number of likely N-dealkylation sites (tertiary alicyclic amines) is 2. The highest BCUT2D eigenvalue weighted by Crippen LogP contribution is 2.42. The fourth-order valence-electron chi connectivity index (χ4n) is 4.25. The molecule has 0 radical (unpaired) electrons. The van der Waals surface area contributed by atoms with Gasteiger partial charge in [-0.3, -0.25) is 4.79 Å². The van der Waals surface area contributed by atoms with Crippen molar-refractivity contribution in [1.29, 1.82) is 0 Å². The molecule has 2 aliphatic heterocycles.